The highest BCUT2D eigenvalue weighted by atomic mass is 35.5. The Morgan fingerprint density at radius 3 is 2.38 bits per heavy atom. The number of rotatable bonds is 6. The average molecular weight is 498 g/mol. The first kappa shape index (κ1) is 23.5. The topological polar surface area (TPSA) is 107 Å². The largest absolute Gasteiger partial charge is 0.497 e. The third-order valence-corrected chi connectivity index (χ3v) is 7.14. The van der Waals surface area contributed by atoms with Crippen molar-refractivity contribution in [1.82, 2.24) is 9.55 Å². The van der Waals surface area contributed by atoms with Gasteiger partial charge in [0.15, 0.2) is 0 Å². The van der Waals surface area contributed by atoms with Crippen molar-refractivity contribution in [2.45, 2.75) is 23.3 Å². The Balaban J connectivity index is 1.80. The molecule has 0 aliphatic heterocycles. The summed E-state index contributed by atoms with van der Waals surface area (Å²) in [6.45, 7) is 1.48. The number of ether oxygens (including phenoxy) is 1. The van der Waals surface area contributed by atoms with Gasteiger partial charge >= 0.3 is 0 Å². The van der Waals surface area contributed by atoms with Crippen LogP contribution >= 0.6 is 11.6 Å². The number of benzene rings is 2. The van der Waals surface area contributed by atoms with Crippen molar-refractivity contribution >= 4 is 44.1 Å². The number of nitrogens with one attached hydrogen (secondary N) is 1. The molecule has 0 saturated carbocycles. The number of amides is 1. The van der Waals surface area contributed by atoms with Crippen molar-refractivity contribution < 1.29 is 17.9 Å². The summed E-state index contributed by atoms with van der Waals surface area (Å²) in [5.41, 5.74) is 0.664. The summed E-state index contributed by atoms with van der Waals surface area (Å²) in [6.07, 6.45) is 1.16. The van der Waals surface area contributed by atoms with Crippen LogP contribution in [0, 0.1) is 6.92 Å². The molecule has 2 aromatic heterocycles. The number of carbonyl (C=O) groups excluding carboxylic acids is 1. The Hall–Kier alpha value is -3.69. The van der Waals surface area contributed by atoms with E-state index in [-0.39, 0.29) is 22.5 Å². The van der Waals surface area contributed by atoms with Crippen molar-refractivity contribution in [3.8, 4) is 5.75 Å². The van der Waals surface area contributed by atoms with Crippen LogP contribution < -0.4 is 15.5 Å². The first-order chi connectivity index (χ1) is 16.2. The van der Waals surface area contributed by atoms with Gasteiger partial charge in [0.2, 0.25) is 21.2 Å². The van der Waals surface area contributed by atoms with E-state index in [2.05, 4.69) is 10.3 Å². The molecule has 4 aromatic rings. The van der Waals surface area contributed by atoms with Crippen LogP contribution in [0.1, 0.15) is 5.69 Å². The molecule has 0 radical (unpaired) electrons. The second-order valence-electron chi connectivity index (χ2n) is 7.51. The number of hydrogen-bond donors (Lipinski definition) is 1. The molecule has 2 heterocycles. The van der Waals surface area contributed by atoms with Crippen LogP contribution in [-0.4, -0.2) is 31.0 Å². The maximum absolute atomic E-state index is 13.3. The van der Waals surface area contributed by atoms with Crippen molar-refractivity contribution in [2.75, 3.05) is 12.4 Å². The van der Waals surface area contributed by atoms with E-state index >= 15 is 0 Å². The van der Waals surface area contributed by atoms with Crippen LogP contribution in [0.15, 0.2) is 81.4 Å². The number of hydrogen-bond acceptors (Lipinski definition) is 6. The third kappa shape index (κ3) is 4.66. The monoisotopic (exact) mass is 497 g/mol. The number of fused-ring (bicyclic) bond motifs is 1. The molecule has 0 spiro atoms. The Morgan fingerprint density at radius 1 is 1.06 bits per heavy atom. The summed E-state index contributed by atoms with van der Waals surface area (Å²) in [7, 11) is -2.71. The van der Waals surface area contributed by atoms with Crippen LogP contribution in [0.2, 0.25) is 5.02 Å². The predicted octanol–water partition coefficient (Wildman–Crippen LogP) is 3.84. The molecule has 174 valence electrons. The molecular weight excluding hydrogens is 478 g/mol. The van der Waals surface area contributed by atoms with Gasteiger partial charge in [-0.1, -0.05) is 11.6 Å². The molecule has 10 heteroatoms. The number of aromatic nitrogens is 2. The van der Waals surface area contributed by atoms with Crippen LogP contribution in [0.5, 0.6) is 5.75 Å². The van der Waals surface area contributed by atoms with Gasteiger partial charge in [0.1, 0.15) is 22.8 Å². The lowest BCUT2D eigenvalue weighted by Crippen LogP contribution is -2.24. The Labute approximate surface area is 200 Å². The molecule has 0 unspecified atom stereocenters. The van der Waals surface area contributed by atoms with E-state index in [4.69, 9.17) is 16.3 Å². The zero-order valence-corrected chi connectivity index (χ0v) is 19.9. The Morgan fingerprint density at radius 2 is 1.74 bits per heavy atom. The van der Waals surface area contributed by atoms with Gasteiger partial charge in [-0.05, 0) is 67.6 Å². The van der Waals surface area contributed by atoms with Crippen LogP contribution in [0.4, 0.5) is 5.69 Å². The minimum absolute atomic E-state index is 0.0676. The predicted molar refractivity (Wildman–Crippen MR) is 129 cm³/mol. The van der Waals surface area contributed by atoms with Crippen molar-refractivity contribution in [1.29, 1.82) is 0 Å². The molecule has 0 bridgehead atoms. The number of nitrogens with zero attached hydrogens (tertiary/aromatic N) is 2. The molecule has 1 N–H and O–H groups in total. The molecule has 2 aromatic carbocycles. The van der Waals surface area contributed by atoms with Crippen molar-refractivity contribution in [3.63, 3.8) is 0 Å². The van der Waals surface area contributed by atoms with Gasteiger partial charge < -0.3 is 14.6 Å². The number of carbonyl (C=O) groups is 1. The summed E-state index contributed by atoms with van der Waals surface area (Å²) >= 11 is 5.88. The fraction of sp³-hybridized carbons (Fsp3) is 0.125. The lowest BCUT2D eigenvalue weighted by atomic mass is 10.2. The second-order valence-corrected chi connectivity index (χ2v) is 9.86. The summed E-state index contributed by atoms with van der Waals surface area (Å²) in [6, 6.07) is 15.4. The fourth-order valence-electron chi connectivity index (χ4n) is 3.42. The number of anilines is 1. The fourth-order valence-corrected chi connectivity index (χ4v) is 4.91. The molecule has 34 heavy (non-hydrogen) atoms. The third-order valence-electron chi connectivity index (χ3n) is 5.13. The first-order valence-corrected chi connectivity index (χ1v) is 12.0. The van der Waals surface area contributed by atoms with Crippen molar-refractivity contribution in [2.24, 2.45) is 0 Å². The minimum Gasteiger partial charge on any atom is -0.497 e. The second kappa shape index (κ2) is 9.28. The van der Waals surface area contributed by atoms with E-state index in [9.17, 15) is 18.0 Å². The normalized spacial score (nSPS) is 11.4. The molecule has 0 fully saturated rings. The SMILES string of the molecule is COc1ccc(S(=O)(=O)c2cn(CC(=O)Nc3ccc(Cl)cc3)c3nc(C)ccc3c2=O)cc1. The van der Waals surface area contributed by atoms with E-state index < -0.39 is 26.1 Å². The highest BCUT2D eigenvalue weighted by molar-refractivity contribution is 7.91. The quantitative estimate of drug-likeness (QED) is 0.433. The Bertz CT molecular complexity index is 1550. The average Bonchev–Trinajstić information content (AvgIpc) is 2.82. The van der Waals surface area contributed by atoms with E-state index in [0.29, 0.717) is 22.2 Å². The van der Waals surface area contributed by atoms with Gasteiger partial charge in [0, 0.05) is 22.6 Å². The van der Waals surface area contributed by atoms with E-state index in [0.717, 1.165) is 6.20 Å². The van der Waals surface area contributed by atoms with Crippen molar-refractivity contribution in [3.05, 3.63) is 87.8 Å². The summed E-state index contributed by atoms with van der Waals surface area (Å²) in [5.74, 6) is 0.0526. The van der Waals surface area contributed by atoms with Gasteiger partial charge in [-0.15, -0.1) is 0 Å². The highest BCUT2D eigenvalue weighted by Crippen LogP contribution is 2.23. The van der Waals surface area contributed by atoms with Gasteiger partial charge in [-0.3, -0.25) is 9.59 Å². The molecular formula is C24H20ClN3O5S. The van der Waals surface area contributed by atoms with E-state index in [1.807, 2.05) is 0 Å². The molecule has 1 amide bonds. The standard InChI is InChI=1S/C24H20ClN3O5S/c1-15-3-12-20-23(30)21(34(31,32)19-10-8-18(33-2)9-11-19)13-28(24(20)26-15)14-22(29)27-17-6-4-16(25)5-7-17/h3-13H,14H2,1-2H3,(H,27,29). The molecule has 0 aliphatic rings. The molecule has 8 nitrogen and oxygen atoms in total. The van der Waals surface area contributed by atoms with E-state index in [1.54, 1.807) is 37.3 Å². The molecule has 0 aliphatic carbocycles. The smallest absolute Gasteiger partial charge is 0.244 e. The minimum atomic E-state index is -4.18. The maximum Gasteiger partial charge on any atom is 0.244 e. The molecule has 4 rings (SSSR count). The van der Waals surface area contributed by atoms with Gasteiger partial charge in [0.05, 0.1) is 17.4 Å². The number of aryl methyl sites for hydroxylation is 1. The summed E-state index contributed by atoms with van der Waals surface area (Å²) in [5, 5.41) is 3.35. The molecule has 0 atom stereocenters. The number of methoxy groups -OCH3 is 1. The molecule has 0 saturated heterocycles. The van der Waals surface area contributed by atoms with E-state index in [1.165, 1.54) is 42.0 Å². The van der Waals surface area contributed by atoms with Gasteiger partial charge in [-0.2, -0.15) is 0 Å². The highest BCUT2D eigenvalue weighted by Gasteiger charge is 2.25. The van der Waals surface area contributed by atoms with Crippen LogP contribution in [-0.2, 0) is 21.2 Å². The Kier molecular flexibility index (Phi) is 6.41. The van der Waals surface area contributed by atoms with Gasteiger partial charge in [-0.25, -0.2) is 13.4 Å². The zero-order valence-electron chi connectivity index (χ0n) is 18.3. The van der Waals surface area contributed by atoms with Crippen LogP contribution in [0.3, 0.4) is 0 Å². The zero-order chi connectivity index (χ0) is 24.5. The van der Waals surface area contributed by atoms with Crippen LogP contribution in [0.25, 0.3) is 11.0 Å². The lowest BCUT2D eigenvalue weighted by Gasteiger charge is -2.14. The first-order valence-electron chi connectivity index (χ1n) is 10.1. The van der Waals surface area contributed by atoms with Gasteiger partial charge in [0.25, 0.3) is 0 Å². The number of halogens is 1. The lowest BCUT2D eigenvalue weighted by molar-refractivity contribution is -0.116. The maximum atomic E-state index is 13.3. The summed E-state index contributed by atoms with van der Waals surface area (Å²) in [4.78, 5) is 29.8. The number of pyridine rings is 2. The number of sulfone groups is 1. The summed E-state index contributed by atoms with van der Waals surface area (Å²) < 4.78 is 33.1.